The van der Waals surface area contributed by atoms with Crippen LogP contribution in [-0.4, -0.2) is 34.0 Å². The molecule has 108 valence electrons. The molecule has 3 rings (SSSR count). The normalized spacial score (nSPS) is 19.5. The number of rotatable bonds is 4. The molecule has 0 amide bonds. The third kappa shape index (κ3) is 2.52. The number of hydrogen-bond donors (Lipinski definition) is 1. The summed E-state index contributed by atoms with van der Waals surface area (Å²) in [6.45, 7) is 1.67. The molecule has 0 unspecified atom stereocenters. The molecule has 0 radical (unpaired) electrons. The number of nitro groups is 1. The van der Waals surface area contributed by atoms with E-state index in [0.717, 1.165) is 38.8 Å². The van der Waals surface area contributed by atoms with Gasteiger partial charge in [0.15, 0.2) is 0 Å². The Morgan fingerprint density at radius 3 is 2.55 bits per heavy atom. The van der Waals surface area contributed by atoms with Crippen molar-refractivity contribution in [2.75, 3.05) is 23.3 Å². The molecule has 1 aliphatic carbocycles. The van der Waals surface area contributed by atoms with Gasteiger partial charge < -0.3 is 10.2 Å². The molecule has 0 atom stereocenters. The molecule has 1 aromatic rings. The highest BCUT2D eigenvalue weighted by molar-refractivity contribution is 5.70. The van der Waals surface area contributed by atoms with E-state index >= 15 is 0 Å². The zero-order valence-electron chi connectivity index (χ0n) is 11.4. The molecule has 1 aromatic heterocycles. The van der Waals surface area contributed by atoms with Crippen LogP contribution in [0.4, 0.5) is 17.3 Å². The highest BCUT2D eigenvalue weighted by atomic mass is 16.6. The van der Waals surface area contributed by atoms with E-state index in [1.54, 1.807) is 0 Å². The van der Waals surface area contributed by atoms with Crippen LogP contribution in [0.2, 0.25) is 0 Å². The van der Waals surface area contributed by atoms with Crippen molar-refractivity contribution >= 4 is 17.3 Å². The van der Waals surface area contributed by atoms with Gasteiger partial charge in [0.05, 0.1) is 4.92 Å². The lowest BCUT2D eigenvalue weighted by atomic mass is 10.2. The molecule has 1 aliphatic heterocycles. The van der Waals surface area contributed by atoms with Crippen molar-refractivity contribution < 1.29 is 4.92 Å². The monoisotopic (exact) mass is 277 g/mol. The minimum Gasteiger partial charge on any atom is -0.361 e. The van der Waals surface area contributed by atoms with Gasteiger partial charge in [0.2, 0.25) is 11.6 Å². The van der Waals surface area contributed by atoms with Gasteiger partial charge in [-0.1, -0.05) is 12.8 Å². The minimum absolute atomic E-state index is 0.0290. The van der Waals surface area contributed by atoms with Gasteiger partial charge in [-0.05, 0) is 25.7 Å². The second kappa shape index (κ2) is 5.60. The molecule has 2 fully saturated rings. The first-order valence-electron chi connectivity index (χ1n) is 7.26. The van der Waals surface area contributed by atoms with Crippen molar-refractivity contribution in [3.05, 3.63) is 16.4 Å². The van der Waals surface area contributed by atoms with Crippen LogP contribution in [0.1, 0.15) is 38.5 Å². The first kappa shape index (κ1) is 13.1. The van der Waals surface area contributed by atoms with Crippen LogP contribution in [0.15, 0.2) is 6.33 Å². The molecular formula is C13H19N5O2. The SMILES string of the molecule is O=[N+]([O-])c1c(NC2CCCC2)ncnc1N1CCCC1. The number of anilines is 2. The fraction of sp³-hybridized carbons (Fsp3) is 0.692. The summed E-state index contributed by atoms with van der Waals surface area (Å²) in [5.74, 6) is 0.835. The van der Waals surface area contributed by atoms with E-state index in [4.69, 9.17) is 0 Å². The summed E-state index contributed by atoms with van der Waals surface area (Å²) < 4.78 is 0. The zero-order valence-corrected chi connectivity index (χ0v) is 11.4. The van der Waals surface area contributed by atoms with Crippen LogP contribution in [-0.2, 0) is 0 Å². The van der Waals surface area contributed by atoms with Crippen LogP contribution in [0, 0.1) is 10.1 Å². The Balaban J connectivity index is 1.91. The molecule has 2 heterocycles. The van der Waals surface area contributed by atoms with E-state index in [-0.39, 0.29) is 10.6 Å². The Labute approximate surface area is 117 Å². The smallest absolute Gasteiger partial charge is 0.353 e. The van der Waals surface area contributed by atoms with Crippen LogP contribution in [0.25, 0.3) is 0 Å². The van der Waals surface area contributed by atoms with Crippen molar-refractivity contribution in [3.63, 3.8) is 0 Å². The summed E-state index contributed by atoms with van der Waals surface area (Å²) >= 11 is 0. The largest absolute Gasteiger partial charge is 0.361 e. The van der Waals surface area contributed by atoms with Gasteiger partial charge in [-0.2, -0.15) is 0 Å². The lowest BCUT2D eigenvalue weighted by Gasteiger charge is -2.18. The second-order valence-corrected chi connectivity index (χ2v) is 5.47. The van der Waals surface area contributed by atoms with E-state index in [0.29, 0.717) is 17.7 Å². The fourth-order valence-electron chi connectivity index (χ4n) is 3.07. The molecule has 1 N–H and O–H groups in total. The second-order valence-electron chi connectivity index (χ2n) is 5.47. The third-order valence-electron chi connectivity index (χ3n) is 4.09. The molecule has 0 bridgehead atoms. The molecule has 0 spiro atoms. The lowest BCUT2D eigenvalue weighted by molar-refractivity contribution is -0.383. The topological polar surface area (TPSA) is 84.2 Å². The van der Waals surface area contributed by atoms with Crippen molar-refractivity contribution in [3.8, 4) is 0 Å². The van der Waals surface area contributed by atoms with Gasteiger partial charge in [-0.3, -0.25) is 10.1 Å². The first-order chi connectivity index (χ1) is 9.75. The number of nitrogens with one attached hydrogen (secondary N) is 1. The molecule has 1 saturated carbocycles. The van der Waals surface area contributed by atoms with Gasteiger partial charge in [0, 0.05) is 19.1 Å². The molecule has 7 nitrogen and oxygen atoms in total. The van der Waals surface area contributed by atoms with Crippen LogP contribution in [0.3, 0.4) is 0 Å². The van der Waals surface area contributed by atoms with Gasteiger partial charge >= 0.3 is 5.69 Å². The molecule has 20 heavy (non-hydrogen) atoms. The Morgan fingerprint density at radius 1 is 1.20 bits per heavy atom. The van der Waals surface area contributed by atoms with Crippen molar-refractivity contribution in [2.24, 2.45) is 0 Å². The van der Waals surface area contributed by atoms with Crippen LogP contribution >= 0.6 is 0 Å². The minimum atomic E-state index is -0.356. The third-order valence-corrected chi connectivity index (χ3v) is 4.09. The Hall–Kier alpha value is -1.92. The maximum Gasteiger partial charge on any atom is 0.353 e. The molecule has 1 saturated heterocycles. The quantitative estimate of drug-likeness (QED) is 0.671. The zero-order chi connectivity index (χ0) is 13.9. The maximum absolute atomic E-state index is 11.4. The summed E-state index contributed by atoms with van der Waals surface area (Å²) in [5, 5.41) is 14.7. The Kier molecular flexibility index (Phi) is 3.66. The molecule has 0 aromatic carbocycles. The Morgan fingerprint density at radius 2 is 1.90 bits per heavy atom. The lowest BCUT2D eigenvalue weighted by Crippen LogP contribution is -2.23. The van der Waals surface area contributed by atoms with E-state index in [2.05, 4.69) is 15.3 Å². The number of nitrogens with zero attached hydrogens (tertiary/aromatic N) is 4. The van der Waals surface area contributed by atoms with E-state index in [9.17, 15) is 10.1 Å². The van der Waals surface area contributed by atoms with E-state index < -0.39 is 0 Å². The Bertz CT molecular complexity index is 496. The van der Waals surface area contributed by atoms with E-state index in [1.807, 2.05) is 4.90 Å². The number of hydrogen-bond acceptors (Lipinski definition) is 6. The maximum atomic E-state index is 11.4. The first-order valence-corrected chi connectivity index (χ1v) is 7.26. The van der Waals surface area contributed by atoms with Crippen LogP contribution < -0.4 is 10.2 Å². The standard InChI is InChI=1S/C13H19N5O2/c19-18(20)11-12(16-10-5-1-2-6-10)14-9-15-13(11)17-7-3-4-8-17/h9-10H,1-8H2,(H,14,15,16). The molecular weight excluding hydrogens is 258 g/mol. The summed E-state index contributed by atoms with van der Waals surface area (Å²) in [5.41, 5.74) is 0.0290. The average molecular weight is 277 g/mol. The van der Waals surface area contributed by atoms with Crippen molar-refractivity contribution in [2.45, 2.75) is 44.6 Å². The predicted molar refractivity (Wildman–Crippen MR) is 76.0 cm³/mol. The molecule has 7 heteroatoms. The average Bonchev–Trinajstić information content (AvgIpc) is 3.11. The van der Waals surface area contributed by atoms with Gasteiger partial charge in [0.25, 0.3) is 0 Å². The molecule has 2 aliphatic rings. The van der Waals surface area contributed by atoms with Gasteiger partial charge in [-0.25, -0.2) is 9.97 Å². The highest BCUT2D eigenvalue weighted by Gasteiger charge is 2.29. The number of aromatic nitrogens is 2. The fourth-order valence-corrected chi connectivity index (χ4v) is 3.07. The van der Waals surface area contributed by atoms with E-state index in [1.165, 1.54) is 19.2 Å². The van der Waals surface area contributed by atoms with Gasteiger partial charge in [-0.15, -0.1) is 0 Å². The predicted octanol–water partition coefficient (Wildman–Crippen LogP) is 2.34. The van der Waals surface area contributed by atoms with Crippen LogP contribution in [0.5, 0.6) is 0 Å². The summed E-state index contributed by atoms with van der Waals surface area (Å²) in [6, 6.07) is 0.301. The van der Waals surface area contributed by atoms with Gasteiger partial charge in [0.1, 0.15) is 6.33 Å². The summed E-state index contributed by atoms with van der Waals surface area (Å²) in [6.07, 6.45) is 8.02. The summed E-state index contributed by atoms with van der Waals surface area (Å²) in [7, 11) is 0. The summed E-state index contributed by atoms with van der Waals surface area (Å²) in [4.78, 5) is 21.3. The van der Waals surface area contributed by atoms with Crippen molar-refractivity contribution in [1.82, 2.24) is 9.97 Å². The van der Waals surface area contributed by atoms with Crippen molar-refractivity contribution in [1.29, 1.82) is 0 Å². The highest BCUT2D eigenvalue weighted by Crippen LogP contribution is 2.35.